The molecule has 2 heterocycles. The van der Waals surface area contributed by atoms with Crippen molar-refractivity contribution >= 4 is 66.8 Å². The van der Waals surface area contributed by atoms with Gasteiger partial charge in [0.05, 0.1) is 11.2 Å². The fourth-order valence-electron chi connectivity index (χ4n) is 1.85. The number of halogens is 3. The van der Waals surface area contributed by atoms with Crippen LogP contribution in [0.15, 0.2) is 39.4 Å². The highest BCUT2D eigenvalue weighted by molar-refractivity contribution is 9.10. The SMILES string of the molecule is S=c1[nH]c2cc(Br)cnc2n1-c1cc(Cl)ccc1Br. The molecule has 0 aliphatic rings. The van der Waals surface area contributed by atoms with Gasteiger partial charge in [-0.25, -0.2) is 4.98 Å². The largest absolute Gasteiger partial charge is 0.329 e. The minimum atomic E-state index is 0.573. The number of aromatic nitrogens is 3. The maximum atomic E-state index is 6.06. The molecule has 0 atom stereocenters. The van der Waals surface area contributed by atoms with Crippen LogP contribution in [0.4, 0.5) is 0 Å². The molecular weight excluding hydrogens is 413 g/mol. The minimum absolute atomic E-state index is 0.573. The Morgan fingerprint density at radius 1 is 1.26 bits per heavy atom. The molecule has 0 aliphatic heterocycles. The first-order chi connectivity index (χ1) is 9.06. The first-order valence-corrected chi connectivity index (χ1v) is 7.65. The van der Waals surface area contributed by atoms with E-state index in [1.54, 1.807) is 6.20 Å². The summed E-state index contributed by atoms with van der Waals surface area (Å²) in [4.78, 5) is 7.54. The second-order valence-corrected chi connectivity index (χ2v) is 6.48. The zero-order chi connectivity index (χ0) is 13.6. The van der Waals surface area contributed by atoms with Gasteiger partial charge in [-0.2, -0.15) is 0 Å². The van der Waals surface area contributed by atoms with Gasteiger partial charge in [-0.05, 0) is 68.3 Å². The van der Waals surface area contributed by atoms with Gasteiger partial charge in [0.2, 0.25) is 0 Å². The van der Waals surface area contributed by atoms with Crippen molar-refractivity contribution in [3.8, 4) is 5.69 Å². The summed E-state index contributed by atoms with van der Waals surface area (Å²) in [6, 6.07) is 7.49. The third-order valence-corrected chi connectivity index (χ3v) is 4.26. The topological polar surface area (TPSA) is 33.6 Å². The van der Waals surface area contributed by atoms with Crippen LogP contribution >= 0.6 is 55.7 Å². The van der Waals surface area contributed by atoms with E-state index < -0.39 is 0 Å². The molecular formula is C12H6Br2ClN3S. The number of nitrogens with one attached hydrogen (secondary N) is 1. The fraction of sp³-hybridized carbons (Fsp3) is 0. The van der Waals surface area contributed by atoms with E-state index >= 15 is 0 Å². The highest BCUT2D eigenvalue weighted by Crippen LogP contribution is 2.28. The molecule has 0 spiro atoms. The first kappa shape index (κ1) is 13.3. The van der Waals surface area contributed by atoms with Crippen molar-refractivity contribution < 1.29 is 0 Å². The molecule has 0 fully saturated rings. The van der Waals surface area contributed by atoms with E-state index in [9.17, 15) is 0 Å². The maximum Gasteiger partial charge on any atom is 0.184 e. The Balaban J connectivity index is 2.39. The molecule has 19 heavy (non-hydrogen) atoms. The molecule has 0 saturated heterocycles. The molecule has 3 aromatic rings. The Morgan fingerprint density at radius 2 is 2.05 bits per heavy atom. The Labute approximate surface area is 135 Å². The molecule has 0 unspecified atom stereocenters. The van der Waals surface area contributed by atoms with Crippen molar-refractivity contribution in [1.82, 2.24) is 14.5 Å². The van der Waals surface area contributed by atoms with Crippen LogP contribution in [-0.2, 0) is 0 Å². The predicted molar refractivity (Wildman–Crippen MR) is 86.7 cm³/mol. The Hall–Kier alpha value is -0.690. The van der Waals surface area contributed by atoms with E-state index in [-0.39, 0.29) is 0 Å². The molecule has 96 valence electrons. The summed E-state index contributed by atoms with van der Waals surface area (Å²) in [7, 11) is 0. The van der Waals surface area contributed by atoms with Gasteiger partial charge < -0.3 is 4.98 Å². The number of pyridine rings is 1. The van der Waals surface area contributed by atoms with Crippen LogP contribution in [0.1, 0.15) is 0 Å². The number of imidazole rings is 1. The summed E-state index contributed by atoms with van der Waals surface area (Å²) < 4.78 is 4.23. The zero-order valence-corrected chi connectivity index (χ0v) is 14.1. The average Bonchev–Trinajstić information content (AvgIpc) is 2.67. The number of hydrogen-bond donors (Lipinski definition) is 1. The van der Waals surface area contributed by atoms with Crippen molar-refractivity contribution in [2.45, 2.75) is 0 Å². The van der Waals surface area contributed by atoms with Gasteiger partial charge >= 0.3 is 0 Å². The van der Waals surface area contributed by atoms with E-state index in [0.717, 1.165) is 25.8 Å². The molecule has 0 radical (unpaired) electrons. The van der Waals surface area contributed by atoms with Crippen LogP contribution in [0.5, 0.6) is 0 Å². The average molecular weight is 420 g/mol. The molecule has 1 aromatic carbocycles. The Bertz CT molecular complexity index is 841. The second kappa shape index (κ2) is 5.01. The van der Waals surface area contributed by atoms with Gasteiger partial charge in [0.15, 0.2) is 10.4 Å². The van der Waals surface area contributed by atoms with Gasteiger partial charge in [0.25, 0.3) is 0 Å². The summed E-state index contributed by atoms with van der Waals surface area (Å²) in [6.45, 7) is 0. The predicted octanol–water partition coefficient (Wildman–Crippen LogP) is 5.26. The van der Waals surface area contributed by atoms with E-state index in [1.807, 2.05) is 28.8 Å². The van der Waals surface area contributed by atoms with Gasteiger partial charge in [-0.15, -0.1) is 0 Å². The lowest BCUT2D eigenvalue weighted by Gasteiger charge is -2.07. The van der Waals surface area contributed by atoms with Gasteiger partial charge in [-0.3, -0.25) is 4.57 Å². The van der Waals surface area contributed by atoms with Crippen LogP contribution in [0.25, 0.3) is 16.9 Å². The number of H-pyrrole nitrogens is 1. The molecule has 0 aliphatic carbocycles. The molecule has 0 amide bonds. The molecule has 0 saturated carbocycles. The number of aromatic amines is 1. The highest BCUT2D eigenvalue weighted by Gasteiger charge is 2.11. The highest BCUT2D eigenvalue weighted by atomic mass is 79.9. The van der Waals surface area contributed by atoms with Crippen LogP contribution in [0.2, 0.25) is 5.02 Å². The van der Waals surface area contributed by atoms with Crippen LogP contribution in [0, 0.1) is 4.77 Å². The normalized spacial score (nSPS) is 11.1. The summed E-state index contributed by atoms with van der Waals surface area (Å²) in [5, 5.41) is 0.645. The smallest absolute Gasteiger partial charge is 0.184 e. The van der Waals surface area contributed by atoms with Crippen molar-refractivity contribution in [2.75, 3.05) is 0 Å². The van der Waals surface area contributed by atoms with Crippen LogP contribution in [-0.4, -0.2) is 14.5 Å². The number of hydrogen-bond acceptors (Lipinski definition) is 2. The molecule has 7 heteroatoms. The van der Waals surface area contributed by atoms with Crippen molar-refractivity contribution in [2.24, 2.45) is 0 Å². The second-order valence-electron chi connectivity index (χ2n) is 3.89. The van der Waals surface area contributed by atoms with Gasteiger partial charge in [0.1, 0.15) is 0 Å². The lowest BCUT2D eigenvalue weighted by Crippen LogP contribution is -1.96. The summed E-state index contributed by atoms with van der Waals surface area (Å²) in [5.41, 5.74) is 2.49. The fourth-order valence-corrected chi connectivity index (χ4v) is 3.07. The Morgan fingerprint density at radius 3 is 2.84 bits per heavy atom. The molecule has 1 N–H and O–H groups in total. The summed E-state index contributed by atoms with van der Waals surface area (Å²) in [5.74, 6) is 0. The molecule has 0 bridgehead atoms. The van der Waals surface area contributed by atoms with E-state index in [1.165, 1.54) is 0 Å². The van der Waals surface area contributed by atoms with Gasteiger partial charge in [0, 0.05) is 20.2 Å². The maximum absolute atomic E-state index is 6.06. The number of benzene rings is 1. The molecule has 2 aromatic heterocycles. The summed E-state index contributed by atoms with van der Waals surface area (Å²) in [6.07, 6.45) is 1.74. The van der Waals surface area contributed by atoms with Crippen molar-refractivity contribution in [3.63, 3.8) is 0 Å². The number of fused-ring (bicyclic) bond motifs is 1. The number of rotatable bonds is 1. The third-order valence-electron chi connectivity index (χ3n) is 2.64. The molecule has 3 nitrogen and oxygen atoms in total. The van der Waals surface area contributed by atoms with E-state index in [0.29, 0.717) is 9.79 Å². The van der Waals surface area contributed by atoms with Crippen molar-refractivity contribution in [3.05, 3.63) is 49.2 Å². The standard InChI is InChI=1S/C12H6Br2ClN3S/c13-6-3-9-11(16-5-6)18(12(19)17-9)10-4-7(15)1-2-8(10)14/h1-5H,(H,17,19). The third kappa shape index (κ3) is 2.38. The van der Waals surface area contributed by atoms with Crippen molar-refractivity contribution in [1.29, 1.82) is 0 Å². The Kier molecular flexibility index (Phi) is 3.51. The van der Waals surface area contributed by atoms with Crippen LogP contribution < -0.4 is 0 Å². The lowest BCUT2D eigenvalue weighted by molar-refractivity contribution is 1.04. The van der Waals surface area contributed by atoms with E-state index in [2.05, 4.69) is 41.8 Å². The quantitative estimate of drug-likeness (QED) is 0.546. The van der Waals surface area contributed by atoms with Gasteiger partial charge in [-0.1, -0.05) is 11.6 Å². The summed E-state index contributed by atoms with van der Waals surface area (Å²) >= 11 is 18.3. The lowest BCUT2D eigenvalue weighted by atomic mass is 10.3. The van der Waals surface area contributed by atoms with Crippen LogP contribution in [0.3, 0.4) is 0 Å². The minimum Gasteiger partial charge on any atom is -0.329 e. The monoisotopic (exact) mass is 417 g/mol. The number of nitrogens with zero attached hydrogens (tertiary/aromatic N) is 2. The molecule has 3 rings (SSSR count). The van der Waals surface area contributed by atoms with E-state index in [4.69, 9.17) is 23.8 Å². The zero-order valence-electron chi connectivity index (χ0n) is 9.32. The first-order valence-electron chi connectivity index (χ1n) is 5.28.